The summed E-state index contributed by atoms with van der Waals surface area (Å²) < 4.78 is 0. The zero-order chi connectivity index (χ0) is 8.60. The van der Waals surface area contributed by atoms with Crippen LogP contribution in [0.15, 0.2) is 0 Å². The summed E-state index contributed by atoms with van der Waals surface area (Å²) in [6, 6.07) is 0.518. The van der Waals surface area contributed by atoms with E-state index >= 15 is 0 Å². The van der Waals surface area contributed by atoms with E-state index in [9.17, 15) is 5.11 Å². The Bertz CT molecular complexity index is 167. The molecule has 0 amide bonds. The van der Waals surface area contributed by atoms with Crippen molar-refractivity contribution in [2.24, 2.45) is 5.92 Å². The highest BCUT2D eigenvalue weighted by Gasteiger charge is 2.43. The molecule has 2 N–H and O–H groups in total. The molecule has 2 rings (SSSR count). The van der Waals surface area contributed by atoms with Crippen LogP contribution in [0.25, 0.3) is 0 Å². The van der Waals surface area contributed by atoms with Crippen LogP contribution in [0.2, 0.25) is 0 Å². The summed E-state index contributed by atoms with van der Waals surface area (Å²) in [5.41, 5.74) is -0.317. The van der Waals surface area contributed by atoms with Gasteiger partial charge < -0.3 is 10.4 Å². The fraction of sp³-hybridized carbons (Fsp3) is 1.00. The molecule has 0 radical (unpaired) electrons. The summed E-state index contributed by atoms with van der Waals surface area (Å²) in [7, 11) is 0. The number of piperidine rings is 1. The molecule has 3 atom stereocenters. The fourth-order valence-corrected chi connectivity index (χ4v) is 2.93. The molecule has 2 heteroatoms. The van der Waals surface area contributed by atoms with E-state index in [0.29, 0.717) is 12.0 Å². The van der Waals surface area contributed by atoms with E-state index in [0.717, 1.165) is 19.4 Å². The van der Waals surface area contributed by atoms with E-state index in [2.05, 4.69) is 12.2 Å². The van der Waals surface area contributed by atoms with Crippen molar-refractivity contribution in [3.63, 3.8) is 0 Å². The first-order valence-electron chi connectivity index (χ1n) is 5.18. The van der Waals surface area contributed by atoms with Gasteiger partial charge in [0.1, 0.15) is 0 Å². The van der Waals surface area contributed by atoms with Crippen molar-refractivity contribution >= 4 is 0 Å². The van der Waals surface area contributed by atoms with Crippen LogP contribution in [0, 0.1) is 5.92 Å². The van der Waals surface area contributed by atoms with Crippen LogP contribution in [0.4, 0.5) is 0 Å². The van der Waals surface area contributed by atoms with Crippen LogP contribution in [-0.4, -0.2) is 23.3 Å². The Kier molecular flexibility index (Phi) is 2.13. The second-order valence-electron chi connectivity index (χ2n) is 4.45. The second kappa shape index (κ2) is 3.00. The number of fused-ring (bicyclic) bond motifs is 1. The van der Waals surface area contributed by atoms with E-state index in [1.807, 2.05) is 0 Å². The normalized spacial score (nSPS) is 48.5. The molecule has 1 aliphatic heterocycles. The highest BCUT2D eigenvalue weighted by Crippen LogP contribution is 2.40. The van der Waals surface area contributed by atoms with E-state index in [1.165, 1.54) is 19.3 Å². The predicted octanol–water partition coefficient (Wildman–Crippen LogP) is 1.29. The first kappa shape index (κ1) is 8.52. The third-order valence-corrected chi connectivity index (χ3v) is 3.69. The summed E-state index contributed by atoms with van der Waals surface area (Å²) in [5, 5.41) is 13.8. The zero-order valence-corrected chi connectivity index (χ0v) is 7.84. The zero-order valence-electron chi connectivity index (χ0n) is 7.84. The van der Waals surface area contributed by atoms with Gasteiger partial charge in [-0.3, -0.25) is 0 Å². The van der Waals surface area contributed by atoms with Gasteiger partial charge in [-0.25, -0.2) is 0 Å². The maximum Gasteiger partial charge on any atom is 0.0702 e. The van der Waals surface area contributed by atoms with Gasteiger partial charge in [-0.1, -0.05) is 12.8 Å². The summed E-state index contributed by atoms with van der Waals surface area (Å²) in [5.74, 6) is 0.514. The average Bonchev–Trinajstić information content (AvgIpc) is 2.04. The minimum atomic E-state index is -0.317. The molecule has 0 aromatic heterocycles. The molecule has 2 fully saturated rings. The molecule has 2 nitrogen and oxygen atoms in total. The van der Waals surface area contributed by atoms with Gasteiger partial charge in [0.15, 0.2) is 0 Å². The Morgan fingerprint density at radius 1 is 1.33 bits per heavy atom. The maximum atomic E-state index is 10.3. The van der Waals surface area contributed by atoms with Gasteiger partial charge in [-0.05, 0) is 32.7 Å². The van der Waals surface area contributed by atoms with Gasteiger partial charge in [-0.15, -0.1) is 0 Å². The lowest BCUT2D eigenvalue weighted by molar-refractivity contribution is -0.0823. The fourth-order valence-electron chi connectivity index (χ4n) is 2.93. The Morgan fingerprint density at radius 3 is 2.92 bits per heavy atom. The molecule has 0 unspecified atom stereocenters. The van der Waals surface area contributed by atoms with Crippen LogP contribution >= 0.6 is 0 Å². The van der Waals surface area contributed by atoms with Crippen LogP contribution in [0.5, 0.6) is 0 Å². The smallest absolute Gasteiger partial charge is 0.0702 e. The van der Waals surface area contributed by atoms with Gasteiger partial charge in [0, 0.05) is 12.0 Å². The largest absolute Gasteiger partial charge is 0.389 e. The second-order valence-corrected chi connectivity index (χ2v) is 4.45. The van der Waals surface area contributed by atoms with E-state index in [4.69, 9.17) is 0 Å². The lowest BCUT2D eigenvalue weighted by Gasteiger charge is -2.47. The van der Waals surface area contributed by atoms with Crippen LogP contribution in [0.1, 0.15) is 39.0 Å². The number of nitrogens with one attached hydrogen (secondary N) is 1. The molecule has 1 saturated heterocycles. The van der Waals surface area contributed by atoms with Crippen LogP contribution in [0.3, 0.4) is 0 Å². The first-order chi connectivity index (χ1) is 5.72. The van der Waals surface area contributed by atoms with Gasteiger partial charge in [-0.2, -0.15) is 0 Å². The van der Waals surface area contributed by atoms with Gasteiger partial charge >= 0.3 is 0 Å². The third kappa shape index (κ3) is 1.27. The molecule has 2 aliphatic rings. The highest BCUT2D eigenvalue weighted by molar-refractivity contribution is 4.98. The van der Waals surface area contributed by atoms with Gasteiger partial charge in [0.2, 0.25) is 0 Å². The molecule has 0 spiro atoms. The summed E-state index contributed by atoms with van der Waals surface area (Å²) in [4.78, 5) is 0. The molecular weight excluding hydrogens is 150 g/mol. The third-order valence-electron chi connectivity index (χ3n) is 3.69. The molecule has 12 heavy (non-hydrogen) atoms. The Hall–Kier alpha value is -0.0800. The summed E-state index contributed by atoms with van der Waals surface area (Å²) in [6.45, 7) is 3.20. The minimum Gasteiger partial charge on any atom is -0.389 e. The summed E-state index contributed by atoms with van der Waals surface area (Å²) in [6.07, 6.45) is 5.73. The van der Waals surface area contributed by atoms with E-state index < -0.39 is 0 Å². The highest BCUT2D eigenvalue weighted by atomic mass is 16.3. The summed E-state index contributed by atoms with van der Waals surface area (Å²) >= 11 is 0. The molecule has 1 heterocycles. The van der Waals surface area contributed by atoms with Crippen LogP contribution in [-0.2, 0) is 0 Å². The quantitative estimate of drug-likeness (QED) is 0.572. The molecule has 0 aromatic rings. The number of hydrogen-bond acceptors (Lipinski definition) is 2. The van der Waals surface area contributed by atoms with Crippen molar-refractivity contribution in [3.05, 3.63) is 0 Å². The van der Waals surface area contributed by atoms with Gasteiger partial charge in [0.25, 0.3) is 0 Å². The van der Waals surface area contributed by atoms with Crippen molar-refractivity contribution in [2.75, 3.05) is 6.54 Å². The van der Waals surface area contributed by atoms with Crippen molar-refractivity contribution in [1.82, 2.24) is 5.32 Å². The lowest BCUT2D eigenvalue weighted by Crippen LogP contribution is -2.56. The molecule has 0 aromatic carbocycles. The monoisotopic (exact) mass is 169 g/mol. The molecule has 0 bridgehead atoms. The number of hydrogen-bond donors (Lipinski definition) is 2. The molecule has 1 aliphatic carbocycles. The predicted molar refractivity (Wildman–Crippen MR) is 49.0 cm³/mol. The number of aliphatic hydroxyl groups is 1. The topological polar surface area (TPSA) is 32.3 Å². The Morgan fingerprint density at radius 2 is 2.17 bits per heavy atom. The maximum absolute atomic E-state index is 10.3. The van der Waals surface area contributed by atoms with E-state index in [1.54, 1.807) is 0 Å². The van der Waals surface area contributed by atoms with Crippen molar-refractivity contribution in [3.8, 4) is 0 Å². The SMILES string of the molecule is C[C@@H]1NCC[C@]2(O)CCCC[C@H]12. The van der Waals surface area contributed by atoms with Crippen molar-refractivity contribution in [1.29, 1.82) is 0 Å². The lowest BCUT2D eigenvalue weighted by atomic mass is 9.68. The minimum absolute atomic E-state index is 0.317. The standard InChI is InChI=1S/C10H19NO/c1-8-9-4-2-3-5-10(9,12)6-7-11-8/h8-9,11-12H,2-7H2,1H3/t8-,9+,10+/m0/s1. The molecule has 1 saturated carbocycles. The Labute approximate surface area is 74.4 Å². The van der Waals surface area contributed by atoms with E-state index in [-0.39, 0.29) is 5.60 Å². The Balaban J connectivity index is 2.12. The van der Waals surface area contributed by atoms with Crippen molar-refractivity contribution in [2.45, 2.75) is 50.7 Å². The number of rotatable bonds is 0. The van der Waals surface area contributed by atoms with Crippen molar-refractivity contribution < 1.29 is 5.11 Å². The first-order valence-corrected chi connectivity index (χ1v) is 5.18. The van der Waals surface area contributed by atoms with Crippen LogP contribution < -0.4 is 5.32 Å². The molecule has 70 valence electrons. The molecular formula is C10H19NO. The average molecular weight is 169 g/mol. The van der Waals surface area contributed by atoms with Gasteiger partial charge in [0.05, 0.1) is 5.60 Å².